The van der Waals surface area contributed by atoms with Gasteiger partial charge in [0.25, 0.3) is 0 Å². The van der Waals surface area contributed by atoms with Gasteiger partial charge in [0.1, 0.15) is 0 Å². The zero-order valence-electron chi connectivity index (χ0n) is 22.7. The number of nitrogens with zero attached hydrogens (tertiary/aromatic N) is 3. The maximum Gasteiger partial charge on any atom is 0.224 e. The molecule has 1 fully saturated rings. The van der Waals surface area contributed by atoms with E-state index in [-0.39, 0.29) is 18.0 Å². The molecule has 0 saturated carbocycles. The molecule has 200 valence electrons. The Morgan fingerprint density at radius 1 is 1.03 bits per heavy atom. The first-order valence-corrected chi connectivity index (χ1v) is 13.8. The van der Waals surface area contributed by atoms with Crippen LogP contribution in [0.4, 0.5) is 11.4 Å². The standard InChI is InChI=1S/C31H32ClN5OS/c1-6-27(38)34-25-14-13-24(16-18(25)2)37-30(29(35-31(37)39)26-12-7-8-15-33-26)28-19(3)20(4)36(21(28)5)23-11-9-10-22(32)17-23/h7-17,29-30H,6H2,1-5H3,(H,34,38)(H,35,39)/t29-,30-/m1/s1. The van der Waals surface area contributed by atoms with E-state index in [1.54, 1.807) is 0 Å². The number of aromatic nitrogens is 2. The molecule has 1 amide bonds. The van der Waals surface area contributed by atoms with Crippen molar-refractivity contribution in [3.8, 4) is 5.69 Å². The summed E-state index contributed by atoms with van der Waals surface area (Å²) in [7, 11) is 0. The number of benzene rings is 2. The molecule has 39 heavy (non-hydrogen) atoms. The van der Waals surface area contributed by atoms with Crippen molar-refractivity contribution >= 4 is 46.2 Å². The summed E-state index contributed by atoms with van der Waals surface area (Å²) in [4.78, 5) is 18.9. The largest absolute Gasteiger partial charge is 0.351 e. The average molecular weight is 558 g/mol. The van der Waals surface area contributed by atoms with Crippen molar-refractivity contribution in [3.63, 3.8) is 0 Å². The number of thiocarbonyl (C=S) groups is 1. The van der Waals surface area contributed by atoms with E-state index in [2.05, 4.69) is 53.0 Å². The van der Waals surface area contributed by atoms with Crippen molar-refractivity contribution in [2.45, 2.75) is 53.1 Å². The SMILES string of the molecule is CCC(=O)Nc1ccc(N2C(=S)N[C@H](c3ccccn3)[C@H]2c2c(C)c(C)n(-c3cccc(Cl)c3)c2C)cc1C. The molecule has 2 aromatic heterocycles. The topological polar surface area (TPSA) is 62.2 Å². The van der Waals surface area contributed by atoms with Gasteiger partial charge < -0.3 is 20.1 Å². The summed E-state index contributed by atoms with van der Waals surface area (Å²) in [5, 5.41) is 7.89. The summed E-state index contributed by atoms with van der Waals surface area (Å²) in [5.41, 5.74) is 9.32. The Morgan fingerprint density at radius 3 is 2.49 bits per heavy atom. The summed E-state index contributed by atoms with van der Waals surface area (Å²) >= 11 is 12.4. The minimum atomic E-state index is -0.162. The third kappa shape index (κ3) is 4.92. The molecular formula is C31H32ClN5OS. The minimum absolute atomic E-state index is 0.0126. The van der Waals surface area contributed by atoms with Crippen LogP contribution in [0.15, 0.2) is 66.9 Å². The molecule has 4 aromatic rings. The molecule has 0 spiro atoms. The summed E-state index contributed by atoms with van der Waals surface area (Å²) in [6.07, 6.45) is 2.24. The maximum absolute atomic E-state index is 12.0. The van der Waals surface area contributed by atoms with E-state index < -0.39 is 0 Å². The lowest BCUT2D eigenvalue weighted by Gasteiger charge is -2.29. The average Bonchev–Trinajstić information content (AvgIpc) is 3.37. The molecule has 0 radical (unpaired) electrons. The lowest BCUT2D eigenvalue weighted by molar-refractivity contribution is -0.115. The highest BCUT2D eigenvalue weighted by Crippen LogP contribution is 2.46. The van der Waals surface area contributed by atoms with Gasteiger partial charge in [0.15, 0.2) is 5.11 Å². The van der Waals surface area contributed by atoms with Gasteiger partial charge in [-0.15, -0.1) is 0 Å². The van der Waals surface area contributed by atoms with E-state index in [9.17, 15) is 4.79 Å². The molecule has 1 aliphatic heterocycles. The third-order valence-corrected chi connectivity index (χ3v) is 8.10. The predicted molar refractivity (Wildman–Crippen MR) is 163 cm³/mol. The van der Waals surface area contributed by atoms with E-state index in [1.165, 1.54) is 11.1 Å². The number of anilines is 2. The van der Waals surface area contributed by atoms with Crippen LogP contribution in [0.1, 0.15) is 59.2 Å². The lowest BCUT2D eigenvalue weighted by Crippen LogP contribution is -2.30. The molecule has 5 rings (SSSR count). The molecule has 2 aromatic carbocycles. The third-order valence-electron chi connectivity index (χ3n) is 7.55. The van der Waals surface area contributed by atoms with Gasteiger partial charge in [-0.2, -0.15) is 0 Å². The Kier molecular flexibility index (Phi) is 7.47. The number of hydrogen-bond acceptors (Lipinski definition) is 3. The first-order chi connectivity index (χ1) is 18.7. The van der Waals surface area contributed by atoms with Gasteiger partial charge in [-0.1, -0.05) is 30.7 Å². The second-order valence-electron chi connectivity index (χ2n) is 9.92. The van der Waals surface area contributed by atoms with Crippen molar-refractivity contribution in [1.29, 1.82) is 0 Å². The molecular weight excluding hydrogens is 526 g/mol. The van der Waals surface area contributed by atoms with Crippen LogP contribution < -0.4 is 15.5 Å². The Balaban J connectivity index is 1.68. The molecule has 6 nitrogen and oxygen atoms in total. The van der Waals surface area contributed by atoms with E-state index >= 15 is 0 Å². The molecule has 2 atom stereocenters. The van der Waals surface area contributed by atoms with Gasteiger partial charge in [0.05, 0.1) is 17.8 Å². The van der Waals surface area contributed by atoms with Gasteiger partial charge >= 0.3 is 0 Å². The zero-order valence-corrected chi connectivity index (χ0v) is 24.3. The van der Waals surface area contributed by atoms with Crippen molar-refractivity contribution in [3.05, 3.63) is 106 Å². The molecule has 3 heterocycles. The second kappa shape index (κ2) is 10.8. The quantitative estimate of drug-likeness (QED) is 0.244. The van der Waals surface area contributed by atoms with Crippen LogP contribution in [0.5, 0.6) is 0 Å². The second-order valence-corrected chi connectivity index (χ2v) is 10.7. The van der Waals surface area contributed by atoms with E-state index in [0.717, 1.165) is 39.7 Å². The highest BCUT2D eigenvalue weighted by atomic mass is 35.5. The van der Waals surface area contributed by atoms with Crippen molar-refractivity contribution in [2.75, 3.05) is 10.2 Å². The molecule has 1 aliphatic rings. The number of pyridine rings is 1. The lowest BCUT2D eigenvalue weighted by atomic mass is 9.93. The zero-order chi connectivity index (χ0) is 27.8. The fourth-order valence-corrected chi connectivity index (χ4v) is 6.08. The van der Waals surface area contributed by atoms with Crippen LogP contribution in [-0.4, -0.2) is 20.6 Å². The number of carbonyl (C=O) groups is 1. The van der Waals surface area contributed by atoms with Crippen molar-refractivity contribution < 1.29 is 4.79 Å². The maximum atomic E-state index is 12.0. The summed E-state index contributed by atoms with van der Waals surface area (Å²) in [6, 6.07) is 19.6. The molecule has 1 saturated heterocycles. The van der Waals surface area contributed by atoms with Gasteiger partial charge in [0, 0.05) is 51.7 Å². The normalized spacial score (nSPS) is 16.9. The van der Waals surface area contributed by atoms with E-state index in [4.69, 9.17) is 28.8 Å². The number of halogens is 1. The van der Waals surface area contributed by atoms with Gasteiger partial charge in [-0.05, 0) is 99.6 Å². The highest BCUT2D eigenvalue weighted by Gasteiger charge is 2.43. The van der Waals surface area contributed by atoms with Crippen LogP contribution in [0.2, 0.25) is 5.02 Å². The Bertz CT molecular complexity index is 1560. The van der Waals surface area contributed by atoms with Crippen LogP contribution in [-0.2, 0) is 4.79 Å². The van der Waals surface area contributed by atoms with Crippen LogP contribution in [0.3, 0.4) is 0 Å². The Morgan fingerprint density at radius 2 is 1.82 bits per heavy atom. The number of rotatable bonds is 6. The number of amides is 1. The summed E-state index contributed by atoms with van der Waals surface area (Å²) in [5.74, 6) is -0.0126. The minimum Gasteiger partial charge on any atom is -0.351 e. The van der Waals surface area contributed by atoms with Gasteiger partial charge in [0.2, 0.25) is 5.91 Å². The number of nitrogens with one attached hydrogen (secondary N) is 2. The summed E-state index contributed by atoms with van der Waals surface area (Å²) in [6.45, 7) is 10.3. The van der Waals surface area contributed by atoms with Gasteiger partial charge in [-0.3, -0.25) is 9.78 Å². The van der Waals surface area contributed by atoms with Crippen molar-refractivity contribution in [1.82, 2.24) is 14.9 Å². The molecule has 0 aliphatic carbocycles. The fourth-order valence-electron chi connectivity index (χ4n) is 5.55. The molecule has 0 unspecified atom stereocenters. The molecule has 2 N–H and O–H groups in total. The predicted octanol–water partition coefficient (Wildman–Crippen LogP) is 7.28. The fraction of sp³-hybridized carbons (Fsp3) is 0.258. The van der Waals surface area contributed by atoms with Gasteiger partial charge in [-0.25, -0.2) is 0 Å². The number of hydrogen-bond donors (Lipinski definition) is 2. The van der Waals surface area contributed by atoms with Crippen LogP contribution in [0.25, 0.3) is 5.69 Å². The summed E-state index contributed by atoms with van der Waals surface area (Å²) < 4.78 is 2.26. The van der Waals surface area contributed by atoms with Crippen molar-refractivity contribution in [2.24, 2.45) is 0 Å². The molecule has 0 bridgehead atoms. The first-order valence-electron chi connectivity index (χ1n) is 13.1. The Hall–Kier alpha value is -3.68. The van der Waals surface area contributed by atoms with E-state index in [0.29, 0.717) is 16.6 Å². The first kappa shape index (κ1) is 26.9. The van der Waals surface area contributed by atoms with Crippen LogP contribution >= 0.6 is 23.8 Å². The van der Waals surface area contributed by atoms with E-state index in [1.807, 2.05) is 68.6 Å². The molecule has 8 heteroatoms. The number of aryl methyl sites for hydroxylation is 1. The highest BCUT2D eigenvalue weighted by molar-refractivity contribution is 7.80. The van der Waals surface area contributed by atoms with Crippen LogP contribution in [0, 0.1) is 27.7 Å². The smallest absolute Gasteiger partial charge is 0.224 e. The Labute approximate surface area is 240 Å². The number of carbonyl (C=O) groups excluding carboxylic acids is 1. The monoisotopic (exact) mass is 557 g/mol.